The van der Waals surface area contributed by atoms with Crippen LogP contribution >= 0.6 is 0 Å². The van der Waals surface area contributed by atoms with E-state index in [-0.39, 0.29) is 12.1 Å². The molecular weight excluding hydrogens is 350 g/mol. The smallest absolute Gasteiger partial charge is 0.315 e. The Morgan fingerprint density at radius 1 is 1.12 bits per heavy atom. The Kier molecular flexibility index (Phi) is 5.46. The second-order valence-electron chi connectivity index (χ2n) is 6.63. The van der Waals surface area contributed by atoms with Gasteiger partial charge in [0.25, 0.3) is 0 Å². The van der Waals surface area contributed by atoms with Crippen LogP contribution in [-0.4, -0.2) is 20.7 Å². The predicted octanol–water partition coefficient (Wildman–Crippen LogP) is 3.01. The summed E-state index contributed by atoms with van der Waals surface area (Å²) < 4.78 is 25.1. The molecule has 1 atom stereocenters. The van der Waals surface area contributed by atoms with Gasteiger partial charge in [-0.25, -0.2) is 13.2 Å². The first-order valence-electron chi connectivity index (χ1n) is 8.57. The third kappa shape index (κ3) is 5.49. The number of hydrogen-bond acceptors (Lipinski definition) is 3. The molecule has 0 heterocycles. The summed E-state index contributed by atoms with van der Waals surface area (Å²) in [6, 6.07) is 16.7. The number of carbonyl (C=O) groups excluding carboxylic acids is 1. The van der Waals surface area contributed by atoms with Crippen LogP contribution in [0.5, 0.6) is 0 Å². The van der Waals surface area contributed by atoms with Crippen LogP contribution in [0.2, 0.25) is 0 Å². The summed E-state index contributed by atoms with van der Waals surface area (Å²) >= 11 is 0. The van der Waals surface area contributed by atoms with E-state index in [9.17, 15) is 13.2 Å². The second-order valence-corrected chi connectivity index (χ2v) is 8.38. The zero-order chi connectivity index (χ0) is 18.6. The fraction of sp³-hybridized carbons (Fsp3) is 0.316. The van der Waals surface area contributed by atoms with Crippen LogP contribution in [0.1, 0.15) is 30.0 Å². The SMILES string of the molecule is CS(=O)(=O)Nc1cccc(CNC(=O)N[C@@H](c2ccccc2)C2CC2)c1. The lowest BCUT2D eigenvalue weighted by molar-refractivity contribution is 0.235. The lowest BCUT2D eigenvalue weighted by atomic mass is 10.0. The summed E-state index contributed by atoms with van der Waals surface area (Å²) in [4.78, 5) is 12.3. The standard InChI is InChI=1S/C19H23N3O3S/c1-26(24,25)22-17-9-5-6-14(12-17)13-20-19(23)21-18(16-10-11-16)15-7-3-2-4-8-15/h2-9,12,16,18,22H,10-11,13H2,1H3,(H2,20,21,23)/t18-/m0/s1. The van der Waals surface area contributed by atoms with Crippen LogP contribution in [0.4, 0.5) is 10.5 Å². The minimum atomic E-state index is -3.32. The molecule has 0 spiro atoms. The van der Waals surface area contributed by atoms with E-state index in [2.05, 4.69) is 15.4 Å². The number of hydrogen-bond donors (Lipinski definition) is 3. The van der Waals surface area contributed by atoms with Crippen molar-refractivity contribution in [2.45, 2.75) is 25.4 Å². The van der Waals surface area contributed by atoms with Crippen LogP contribution in [0.25, 0.3) is 0 Å². The summed E-state index contributed by atoms with van der Waals surface area (Å²) in [5, 5.41) is 5.90. The van der Waals surface area contributed by atoms with Gasteiger partial charge in [-0.15, -0.1) is 0 Å². The van der Waals surface area contributed by atoms with Gasteiger partial charge in [-0.2, -0.15) is 0 Å². The van der Waals surface area contributed by atoms with Crippen molar-refractivity contribution in [3.05, 3.63) is 65.7 Å². The van der Waals surface area contributed by atoms with Gasteiger partial charge in [-0.3, -0.25) is 4.72 Å². The molecule has 1 aliphatic rings. The highest BCUT2D eigenvalue weighted by molar-refractivity contribution is 7.92. The molecule has 0 unspecified atom stereocenters. The van der Waals surface area contributed by atoms with Crippen molar-refractivity contribution in [3.8, 4) is 0 Å². The molecule has 26 heavy (non-hydrogen) atoms. The first kappa shape index (κ1) is 18.3. The van der Waals surface area contributed by atoms with Crippen LogP contribution in [0.15, 0.2) is 54.6 Å². The molecule has 3 N–H and O–H groups in total. The Balaban J connectivity index is 1.58. The highest BCUT2D eigenvalue weighted by Gasteiger charge is 2.33. The number of urea groups is 1. The summed E-state index contributed by atoms with van der Waals surface area (Å²) in [7, 11) is -3.32. The third-order valence-corrected chi connectivity index (χ3v) is 4.83. The van der Waals surface area contributed by atoms with E-state index in [1.54, 1.807) is 18.2 Å². The molecule has 7 heteroatoms. The number of nitrogens with one attached hydrogen (secondary N) is 3. The van der Waals surface area contributed by atoms with E-state index in [4.69, 9.17) is 0 Å². The minimum absolute atomic E-state index is 0.0226. The molecule has 1 fully saturated rings. The van der Waals surface area contributed by atoms with Crippen LogP contribution in [0.3, 0.4) is 0 Å². The highest BCUT2D eigenvalue weighted by Crippen LogP contribution is 2.40. The Bertz CT molecular complexity index is 865. The minimum Gasteiger partial charge on any atom is -0.334 e. The van der Waals surface area contributed by atoms with E-state index in [0.29, 0.717) is 18.2 Å². The molecule has 0 aliphatic heterocycles. The van der Waals surface area contributed by atoms with E-state index >= 15 is 0 Å². The summed E-state index contributed by atoms with van der Waals surface area (Å²) in [6.45, 7) is 0.317. The Morgan fingerprint density at radius 2 is 1.85 bits per heavy atom. The maximum absolute atomic E-state index is 12.3. The quantitative estimate of drug-likeness (QED) is 0.697. The monoisotopic (exact) mass is 373 g/mol. The molecule has 1 saturated carbocycles. The van der Waals surface area contributed by atoms with Gasteiger partial charge in [0.2, 0.25) is 10.0 Å². The average molecular weight is 373 g/mol. The number of amides is 2. The van der Waals surface area contributed by atoms with Crippen molar-refractivity contribution in [1.29, 1.82) is 0 Å². The number of carbonyl (C=O) groups is 1. The van der Waals surface area contributed by atoms with Crippen molar-refractivity contribution in [3.63, 3.8) is 0 Å². The van der Waals surface area contributed by atoms with Gasteiger partial charge >= 0.3 is 6.03 Å². The lowest BCUT2D eigenvalue weighted by Gasteiger charge is -2.19. The number of sulfonamides is 1. The van der Waals surface area contributed by atoms with Crippen molar-refractivity contribution in [2.75, 3.05) is 11.0 Å². The largest absolute Gasteiger partial charge is 0.334 e. The van der Waals surface area contributed by atoms with E-state index in [0.717, 1.165) is 30.2 Å². The fourth-order valence-electron chi connectivity index (χ4n) is 2.90. The van der Waals surface area contributed by atoms with Crippen molar-refractivity contribution in [2.24, 2.45) is 5.92 Å². The molecule has 0 saturated heterocycles. The number of anilines is 1. The van der Waals surface area contributed by atoms with Gasteiger partial charge in [-0.05, 0) is 42.0 Å². The molecule has 3 rings (SSSR count). The van der Waals surface area contributed by atoms with Gasteiger partial charge < -0.3 is 10.6 Å². The van der Waals surface area contributed by atoms with E-state index in [1.165, 1.54) is 0 Å². The second kappa shape index (κ2) is 7.78. The van der Waals surface area contributed by atoms with Crippen molar-refractivity contribution < 1.29 is 13.2 Å². The molecule has 0 bridgehead atoms. The molecule has 2 aromatic carbocycles. The topological polar surface area (TPSA) is 87.3 Å². The first-order chi connectivity index (χ1) is 12.4. The fourth-order valence-corrected chi connectivity index (χ4v) is 3.45. The zero-order valence-corrected chi connectivity index (χ0v) is 15.4. The maximum atomic E-state index is 12.3. The summed E-state index contributed by atoms with van der Waals surface area (Å²) in [5.74, 6) is 0.491. The Hall–Kier alpha value is -2.54. The lowest BCUT2D eigenvalue weighted by Crippen LogP contribution is -2.38. The van der Waals surface area contributed by atoms with Gasteiger partial charge in [0.05, 0.1) is 12.3 Å². The Morgan fingerprint density at radius 3 is 2.50 bits per heavy atom. The van der Waals surface area contributed by atoms with Crippen LogP contribution in [0, 0.1) is 5.92 Å². The van der Waals surface area contributed by atoms with E-state index < -0.39 is 10.0 Å². The van der Waals surface area contributed by atoms with Crippen LogP contribution in [-0.2, 0) is 16.6 Å². The summed E-state index contributed by atoms with van der Waals surface area (Å²) in [5.41, 5.74) is 2.41. The van der Waals surface area contributed by atoms with Gasteiger partial charge in [0, 0.05) is 12.2 Å². The molecule has 0 radical (unpaired) electrons. The molecule has 2 amide bonds. The van der Waals surface area contributed by atoms with Crippen molar-refractivity contribution in [1.82, 2.24) is 10.6 Å². The first-order valence-corrected chi connectivity index (χ1v) is 10.5. The molecule has 138 valence electrons. The predicted molar refractivity (Wildman–Crippen MR) is 102 cm³/mol. The molecule has 1 aliphatic carbocycles. The van der Waals surface area contributed by atoms with E-state index in [1.807, 2.05) is 36.4 Å². The van der Waals surface area contributed by atoms with Gasteiger partial charge in [0.1, 0.15) is 0 Å². The summed E-state index contributed by atoms with van der Waals surface area (Å²) in [6.07, 6.45) is 3.35. The average Bonchev–Trinajstić information content (AvgIpc) is 3.42. The normalized spacial score (nSPS) is 15.1. The molecule has 0 aromatic heterocycles. The van der Waals surface area contributed by atoms with Gasteiger partial charge in [-0.1, -0.05) is 42.5 Å². The molecule has 2 aromatic rings. The maximum Gasteiger partial charge on any atom is 0.315 e. The number of benzene rings is 2. The third-order valence-electron chi connectivity index (χ3n) is 4.22. The molecular formula is C19H23N3O3S. The zero-order valence-electron chi connectivity index (χ0n) is 14.6. The number of rotatable bonds is 7. The van der Waals surface area contributed by atoms with Gasteiger partial charge in [0.15, 0.2) is 0 Å². The van der Waals surface area contributed by atoms with Crippen LogP contribution < -0.4 is 15.4 Å². The highest BCUT2D eigenvalue weighted by atomic mass is 32.2. The van der Waals surface area contributed by atoms with Crippen molar-refractivity contribution >= 4 is 21.7 Å². The molecule has 6 nitrogen and oxygen atoms in total. The Labute approximate surface area is 154 Å².